The predicted octanol–water partition coefficient (Wildman–Crippen LogP) is 2.44. The summed E-state index contributed by atoms with van der Waals surface area (Å²) in [6.45, 7) is 1.98. The fraction of sp³-hybridized carbons (Fsp3) is 0.250. The summed E-state index contributed by atoms with van der Waals surface area (Å²) in [4.78, 5) is 11.2. The Balaban J connectivity index is 2.90. The van der Waals surface area contributed by atoms with Gasteiger partial charge in [-0.1, -0.05) is 25.1 Å². The SMILES string of the molecule is CCc1c(C(=O)O)n(C)c2ccccc12. The summed E-state index contributed by atoms with van der Waals surface area (Å²) in [5.41, 5.74) is 2.30. The number of benzene rings is 1. The lowest BCUT2D eigenvalue weighted by Gasteiger charge is -1.99. The van der Waals surface area contributed by atoms with E-state index in [2.05, 4.69) is 0 Å². The Kier molecular flexibility index (Phi) is 2.23. The van der Waals surface area contributed by atoms with Gasteiger partial charge in [0.2, 0.25) is 0 Å². The van der Waals surface area contributed by atoms with Crippen molar-refractivity contribution in [3.8, 4) is 0 Å². The monoisotopic (exact) mass is 203 g/mol. The average Bonchev–Trinajstić information content (AvgIpc) is 2.52. The number of carboxylic acids is 1. The van der Waals surface area contributed by atoms with Crippen molar-refractivity contribution in [1.82, 2.24) is 4.57 Å². The molecule has 0 bridgehead atoms. The summed E-state index contributed by atoms with van der Waals surface area (Å²) in [5, 5.41) is 10.2. The number of hydrogen-bond donors (Lipinski definition) is 1. The Bertz CT molecular complexity index is 526. The molecule has 0 aliphatic carbocycles. The van der Waals surface area contributed by atoms with Crippen LogP contribution in [0.3, 0.4) is 0 Å². The Morgan fingerprint density at radius 2 is 2.07 bits per heavy atom. The molecule has 0 spiro atoms. The van der Waals surface area contributed by atoms with Gasteiger partial charge in [-0.3, -0.25) is 0 Å². The van der Waals surface area contributed by atoms with Crippen molar-refractivity contribution in [2.24, 2.45) is 7.05 Å². The fourth-order valence-electron chi connectivity index (χ4n) is 2.10. The average molecular weight is 203 g/mol. The minimum absolute atomic E-state index is 0.402. The van der Waals surface area contributed by atoms with Gasteiger partial charge < -0.3 is 9.67 Å². The second kappa shape index (κ2) is 3.42. The lowest BCUT2D eigenvalue weighted by Crippen LogP contribution is -2.06. The summed E-state index contributed by atoms with van der Waals surface area (Å²) < 4.78 is 1.75. The molecule has 2 aromatic rings. The van der Waals surface area contributed by atoms with Gasteiger partial charge in [0, 0.05) is 18.0 Å². The lowest BCUT2D eigenvalue weighted by atomic mass is 10.1. The minimum atomic E-state index is -0.856. The number of nitrogens with zero attached hydrogens (tertiary/aromatic N) is 1. The van der Waals surface area contributed by atoms with Gasteiger partial charge in [-0.05, 0) is 18.1 Å². The van der Waals surface area contributed by atoms with Gasteiger partial charge in [-0.2, -0.15) is 0 Å². The number of fused-ring (bicyclic) bond motifs is 1. The third-order valence-electron chi connectivity index (χ3n) is 2.77. The molecule has 1 aromatic heterocycles. The maximum Gasteiger partial charge on any atom is 0.352 e. The molecular formula is C12H13NO2. The van der Waals surface area contributed by atoms with Gasteiger partial charge in [0.1, 0.15) is 5.69 Å². The van der Waals surface area contributed by atoms with Crippen LogP contribution in [0.5, 0.6) is 0 Å². The van der Waals surface area contributed by atoms with Crippen molar-refractivity contribution in [3.05, 3.63) is 35.5 Å². The number of para-hydroxylation sites is 1. The molecule has 0 amide bonds. The van der Waals surface area contributed by atoms with E-state index in [9.17, 15) is 4.79 Å². The summed E-state index contributed by atoms with van der Waals surface area (Å²) in [6, 6.07) is 7.78. The Hall–Kier alpha value is -1.77. The van der Waals surface area contributed by atoms with E-state index >= 15 is 0 Å². The standard InChI is InChI=1S/C12H13NO2/c1-3-8-9-6-4-5-7-10(9)13(2)11(8)12(14)15/h4-7H,3H2,1-2H3,(H,14,15). The van der Waals surface area contributed by atoms with Gasteiger partial charge in [0.15, 0.2) is 0 Å². The van der Waals surface area contributed by atoms with Crippen molar-refractivity contribution in [2.75, 3.05) is 0 Å². The third kappa shape index (κ3) is 1.31. The molecule has 0 fully saturated rings. The van der Waals surface area contributed by atoms with Gasteiger partial charge >= 0.3 is 5.97 Å². The number of hydrogen-bond acceptors (Lipinski definition) is 1. The van der Waals surface area contributed by atoms with Crippen LogP contribution in [0.1, 0.15) is 23.0 Å². The van der Waals surface area contributed by atoms with Crippen molar-refractivity contribution in [2.45, 2.75) is 13.3 Å². The molecular weight excluding hydrogens is 190 g/mol. The number of aromatic carboxylic acids is 1. The van der Waals surface area contributed by atoms with Crippen LogP contribution in [0.15, 0.2) is 24.3 Å². The zero-order valence-corrected chi connectivity index (χ0v) is 8.82. The van der Waals surface area contributed by atoms with Crippen LogP contribution in [0.2, 0.25) is 0 Å². The quantitative estimate of drug-likeness (QED) is 0.814. The molecule has 1 heterocycles. The molecule has 0 aliphatic rings. The molecule has 1 aromatic carbocycles. The zero-order valence-electron chi connectivity index (χ0n) is 8.82. The minimum Gasteiger partial charge on any atom is -0.477 e. The Labute approximate surface area is 87.9 Å². The molecule has 15 heavy (non-hydrogen) atoms. The lowest BCUT2D eigenvalue weighted by molar-refractivity contribution is 0.0686. The van der Waals surface area contributed by atoms with Crippen LogP contribution in [-0.2, 0) is 13.5 Å². The molecule has 3 nitrogen and oxygen atoms in total. The largest absolute Gasteiger partial charge is 0.477 e. The van der Waals surface area contributed by atoms with Gasteiger partial charge in [-0.25, -0.2) is 4.79 Å². The maximum absolute atomic E-state index is 11.2. The van der Waals surface area contributed by atoms with Crippen molar-refractivity contribution >= 4 is 16.9 Å². The van der Waals surface area contributed by atoms with E-state index in [-0.39, 0.29) is 0 Å². The summed E-state index contributed by atoms with van der Waals surface area (Å²) >= 11 is 0. The Morgan fingerprint density at radius 3 is 2.67 bits per heavy atom. The summed E-state index contributed by atoms with van der Waals surface area (Å²) in [6.07, 6.45) is 0.739. The molecule has 0 saturated carbocycles. The molecule has 3 heteroatoms. The van der Waals surface area contributed by atoms with Crippen LogP contribution >= 0.6 is 0 Å². The molecule has 0 radical (unpaired) electrons. The van der Waals surface area contributed by atoms with Crippen LogP contribution in [-0.4, -0.2) is 15.6 Å². The number of carboxylic acid groups (broad SMARTS) is 1. The second-order valence-corrected chi connectivity index (χ2v) is 3.56. The van der Waals surface area contributed by atoms with Crippen LogP contribution in [0, 0.1) is 0 Å². The van der Waals surface area contributed by atoms with E-state index in [1.54, 1.807) is 11.6 Å². The smallest absolute Gasteiger partial charge is 0.352 e. The van der Waals surface area contributed by atoms with E-state index in [1.165, 1.54) is 0 Å². The predicted molar refractivity (Wildman–Crippen MR) is 59.3 cm³/mol. The molecule has 0 unspecified atom stereocenters. The highest BCUT2D eigenvalue weighted by Gasteiger charge is 2.18. The fourth-order valence-corrected chi connectivity index (χ4v) is 2.10. The molecule has 0 saturated heterocycles. The highest BCUT2D eigenvalue weighted by Crippen LogP contribution is 2.25. The van der Waals surface area contributed by atoms with Gasteiger partial charge in [0.05, 0.1) is 0 Å². The van der Waals surface area contributed by atoms with Crippen molar-refractivity contribution in [1.29, 1.82) is 0 Å². The van der Waals surface area contributed by atoms with Gasteiger partial charge in [0.25, 0.3) is 0 Å². The first-order valence-electron chi connectivity index (χ1n) is 4.96. The first-order chi connectivity index (χ1) is 7.16. The highest BCUT2D eigenvalue weighted by atomic mass is 16.4. The first kappa shape index (κ1) is 9.77. The summed E-state index contributed by atoms with van der Waals surface area (Å²) in [5.74, 6) is -0.856. The van der Waals surface area contributed by atoms with E-state index in [1.807, 2.05) is 31.2 Å². The molecule has 0 aliphatic heterocycles. The van der Waals surface area contributed by atoms with Crippen LogP contribution < -0.4 is 0 Å². The van der Waals surface area contributed by atoms with Crippen molar-refractivity contribution < 1.29 is 9.90 Å². The Morgan fingerprint density at radius 1 is 1.40 bits per heavy atom. The third-order valence-corrected chi connectivity index (χ3v) is 2.77. The molecule has 2 rings (SSSR count). The molecule has 0 atom stereocenters. The van der Waals surface area contributed by atoms with Crippen LogP contribution in [0.4, 0.5) is 0 Å². The molecule has 78 valence electrons. The number of aryl methyl sites for hydroxylation is 2. The summed E-state index contributed by atoms with van der Waals surface area (Å²) in [7, 11) is 1.80. The topological polar surface area (TPSA) is 42.2 Å². The maximum atomic E-state index is 11.2. The number of carbonyl (C=O) groups is 1. The van der Waals surface area contributed by atoms with E-state index in [0.29, 0.717) is 5.69 Å². The first-order valence-corrected chi connectivity index (χ1v) is 4.96. The van der Waals surface area contributed by atoms with Crippen LogP contribution in [0.25, 0.3) is 10.9 Å². The van der Waals surface area contributed by atoms with E-state index < -0.39 is 5.97 Å². The second-order valence-electron chi connectivity index (χ2n) is 3.56. The molecule has 1 N–H and O–H groups in total. The van der Waals surface area contributed by atoms with Crippen molar-refractivity contribution in [3.63, 3.8) is 0 Å². The van der Waals surface area contributed by atoms with Gasteiger partial charge in [-0.15, -0.1) is 0 Å². The zero-order chi connectivity index (χ0) is 11.0. The normalized spacial score (nSPS) is 10.8. The highest BCUT2D eigenvalue weighted by molar-refractivity contribution is 5.98. The number of aromatic nitrogens is 1. The number of rotatable bonds is 2. The van der Waals surface area contributed by atoms with E-state index in [4.69, 9.17) is 5.11 Å². The van der Waals surface area contributed by atoms with E-state index in [0.717, 1.165) is 22.9 Å².